The highest BCUT2D eigenvalue weighted by molar-refractivity contribution is 5.77. The van der Waals surface area contributed by atoms with E-state index in [-0.39, 0.29) is 11.8 Å². The van der Waals surface area contributed by atoms with E-state index in [1.165, 1.54) is 12.8 Å². The van der Waals surface area contributed by atoms with Gasteiger partial charge < -0.3 is 4.90 Å². The van der Waals surface area contributed by atoms with Crippen molar-refractivity contribution in [3.8, 4) is 6.07 Å². The number of amides is 1. The predicted molar refractivity (Wildman–Crippen MR) is 66.0 cm³/mol. The van der Waals surface area contributed by atoms with Crippen LogP contribution in [0.3, 0.4) is 0 Å². The van der Waals surface area contributed by atoms with E-state index in [1.807, 2.05) is 4.90 Å². The SMILES string of the molecule is CC(C)(C)C1CC(CC(=O)N2CC(C#N)C2)C1. The Kier molecular flexibility index (Phi) is 3.16. The maximum Gasteiger partial charge on any atom is 0.222 e. The summed E-state index contributed by atoms with van der Waals surface area (Å²) < 4.78 is 0. The Morgan fingerprint density at radius 2 is 1.94 bits per heavy atom. The fraction of sp³-hybridized carbons (Fsp3) is 0.857. The summed E-state index contributed by atoms with van der Waals surface area (Å²) in [6.45, 7) is 8.16. The van der Waals surface area contributed by atoms with Crippen molar-refractivity contribution in [2.24, 2.45) is 23.2 Å². The number of hydrogen-bond acceptors (Lipinski definition) is 2. The molecule has 0 N–H and O–H groups in total. The van der Waals surface area contributed by atoms with Crippen molar-refractivity contribution in [3.05, 3.63) is 0 Å². The molecule has 0 bridgehead atoms. The molecule has 1 saturated heterocycles. The lowest BCUT2D eigenvalue weighted by molar-refractivity contribution is -0.138. The Labute approximate surface area is 104 Å². The molecule has 94 valence electrons. The van der Waals surface area contributed by atoms with E-state index in [9.17, 15) is 4.79 Å². The standard InChI is InChI=1S/C14H22N2O/c1-14(2,3)12-4-10(5-12)6-13(17)16-8-11(7-15)9-16/h10-12H,4-6,8-9H2,1-3H3. The van der Waals surface area contributed by atoms with Gasteiger partial charge in [-0.2, -0.15) is 5.26 Å². The molecule has 1 heterocycles. The van der Waals surface area contributed by atoms with Gasteiger partial charge in [0.2, 0.25) is 5.91 Å². The molecular formula is C14H22N2O. The fourth-order valence-electron chi connectivity index (χ4n) is 2.75. The number of nitrogens with zero attached hydrogens (tertiary/aromatic N) is 2. The molecule has 3 heteroatoms. The molecule has 0 spiro atoms. The van der Waals surface area contributed by atoms with Crippen molar-refractivity contribution < 1.29 is 4.79 Å². The van der Waals surface area contributed by atoms with E-state index in [4.69, 9.17) is 5.26 Å². The Hall–Kier alpha value is -1.04. The average Bonchev–Trinajstić information content (AvgIpc) is 2.06. The van der Waals surface area contributed by atoms with Crippen LogP contribution < -0.4 is 0 Å². The summed E-state index contributed by atoms with van der Waals surface area (Å²) in [4.78, 5) is 13.7. The highest BCUT2D eigenvalue weighted by atomic mass is 16.2. The third kappa shape index (κ3) is 2.62. The van der Waals surface area contributed by atoms with E-state index in [2.05, 4.69) is 26.8 Å². The fourth-order valence-corrected chi connectivity index (χ4v) is 2.75. The first kappa shape index (κ1) is 12.4. The number of carbonyl (C=O) groups is 1. The van der Waals surface area contributed by atoms with Crippen molar-refractivity contribution >= 4 is 5.91 Å². The zero-order valence-corrected chi connectivity index (χ0v) is 11.1. The molecule has 3 nitrogen and oxygen atoms in total. The van der Waals surface area contributed by atoms with Crippen LogP contribution in [0.2, 0.25) is 0 Å². The van der Waals surface area contributed by atoms with Crippen molar-refractivity contribution in [1.29, 1.82) is 5.26 Å². The van der Waals surface area contributed by atoms with Crippen LogP contribution in [0.4, 0.5) is 0 Å². The highest BCUT2D eigenvalue weighted by Gasteiger charge is 2.39. The van der Waals surface area contributed by atoms with Crippen molar-refractivity contribution in [3.63, 3.8) is 0 Å². The number of nitriles is 1. The normalized spacial score (nSPS) is 29.2. The Bertz CT molecular complexity index is 338. The summed E-state index contributed by atoms with van der Waals surface area (Å²) >= 11 is 0. The lowest BCUT2D eigenvalue weighted by Gasteiger charge is -2.45. The van der Waals surface area contributed by atoms with Gasteiger partial charge in [-0.1, -0.05) is 20.8 Å². The number of likely N-dealkylation sites (tertiary alicyclic amines) is 1. The number of rotatable bonds is 2. The summed E-state index contributed by atoms with van der Waals surface area (Å²) in [6.07, 6.45) is 3.10. The van der Waals surface area contributed by atoms with Crippen molar-refractivity contribution in [2.75, 3.05) is 13.1 Å². The minimum Gasteiger partial charge on any atom is -0.340 e. The second-order valence-electron chi connectivity index (χ2n) is 6.73. The molecule has 0 aromatic heterocycles. The van der Waals surface area contributed by atoms with Gasteiger partial charge in [0.1, 0.15) is 0 Å². The molecule has 0 aromatic carbocycles. The van der Waals surface area contributed by atoms with Crippen molar-refractivity contribution in [1.82, 2.24) is 4.90 Å². The molecule has 2 rings (SSSR count). The maximum absolute atomic E-state index is 11.9. The largest absolute Gasteiger partial charge is 0.340 e. The summed E-state index contributed by atoms with van der Waals surface area (Å²) in [7, 11) is 0. The predicted octanol–water partition coefficient (Wildman–Crippen LogP) is 2.43. The molecule has 0 atom stereocenters. The topological polar surface area (TPSA) is 44.1 Å². The van der Waals surface area contributed by atoms with E-state index in [1.54, 1.807) is 0 Å². The molecule has 0 radical (unpaired) electrons. The zero-order valence-electron chi connectivity index (χ0n) is 11.1. The minimum atomic E-state index is 0.0858. The lowest BCUT2D eigenvalue weighted by atomic mass is 9.62. The van der Waals surface area contributed by atoms with Crippen LogP contribution in [-0.2, 0) is 4.79 Å². The first-order valence-electron chi connectivity index (χ1n) is 6.57. The van der Waals surface area contributed by atoms with Crippen LogP contribution in [0, 0.1) is 34.5 Å². The summed E-state index contributed by atoms with van der Waals surface area (Å²) in [5.74, 6) is 1.72. The summed E-state index contributed by atoms with van der Waals surface area (Å²) in [5, 5.41) is 8.66. The molecule has 1 aliphatic carbocycles. The summed E-state index contributed by atoms with van der Waals surface area (Å²) in [5.41, 5.74) is 0.391. The van der Waals surface area contributed by atoms with E-state index < -0.39 is 0 Å². The Balaban J connectivity index is 1.68. The van der Waals surface area contributed by atoms with Crippen LogP contribution in [0.1, 0.15) is 40.0 Å². The molecule has 17 heavy (non-hydrogen) atoms. The Morgan fingerprint density at radius 3 is 2.41 bits per heavy atom. The highest BCUT2D eigenvalue weighted by Crippen LogP contribution is 2.46. The lowest BCUT2D eigenvalue weighted by Crippen LogP contribution is -2.50. The van der Waals surface area contributed by atoms with Gasteiger partial charge in [0, 0.05) is 19.5 Å². The third-order valence-corrected chi connectivity index (χ3v) is 4.34. The number of hydrogen-bond donors (Lipinski definition) is 0. The first-order chi connectivity index (χ1) is 7.90. The monoisotopic (exact) mass is 234 g/mol. The minimum absolute atomic E-state index is 0.0858. The van der Waals surface area contributed by atoms with Crippen LogP contribution in [0.25, 0.3) is 0 Å². The number of carbonyl (C=O) groups excluding carboxylic acids is 1. The van der Waals surface area contributed by atoms with Gasteiger partial charge in [-0.05, 0) is 30.1 Å². The molecule has 1 saturated carbocycles. The molecule has 1 aliphatic heterocycles. The van der Waals surface area contributed by atoms with E-state index >= 15 is 0 Å². The van der Waals surface area contributed by atoms with Gasteiger partial charge in [-0.15, -0.1) is 0 Å². The van der Waals surface area contributed by atoms with Crippen LogP contribution in [0.5, 0.6) is 0 Å². The zero-order chi connectivity index (χ0) is 12.6. The van der Waals surface area contributed by atoms with Crippen LogP contribution in [0.15, 0.2) is 0 Å². The first-order valence-corrected chi connectivity index (χ1v) is 6.57. The molecular weight excluding hydrogens is 212 g/mol. The van der Waals surface area contributed by atoms with Gasteiger partial charge in [-0.3, -0.25) is 4.79 Å². The average molecular weight is 234 g/mol. The second-order valence-corrected chi connectivity index (χ2v) is 6.73. The van der Waals surface area contributed by atoms with E-state index in [0.717, 1.165) is 5.92 Å². The Morgan fingerprint density at radius 1 is 1.35 bits per heavy atom. The molecule has 0 aromatic rings. The van der Waals surface area contributed by atoms with Crippen molar-refractivity contribution in [2.45, 2.75) is 40.0 Å². The van der Waals surface area contributed by atoms with Gasteiger partial charge in [-0.25, -0.2) is 0 Å². The van der Waals surface area contributed by atoms with Gasteiger partial charge in [0.05, 0.1) is 12.0 Å². The van der Waals surface area contributed by atoms with Crippen LogP contribution in [-0.4, -0.2) is 23.9 Å². The molecule has 0 unspecified atom stereocenters. The summed E-state index contributed by atoms with van der Waals surface area (Å²) in [6, 6.07) is 2.20. The van der Waals surface area contributed by atoms with Crippen LogP contribution >= 0.6 is 0 Å². The van der Waals surface area contributed by atoms with Gasteiger partial charge in [0.15, 0.2) is 0 Å². The smallest absolute Gasteiger partial charge is 0.222 e. The second kappa shape index (κ2) is 4.33. The third-order valence-electron chi connectivity index (χ3n) is 4.34. The van der Waals surface area contributed by atoms with E-state index in [0.29, 0.717) is 30.8 Å². The van der Waals surface area contributed by atoms with Gasteiger partial charge >= 0.3 is 0 Å². The van der Waals surface area contributed by atoms with Gasteiger partial charge in [0.25, 0.3) is 0 Å². The molecule has 2 fully saturated rings. The molecule has 1 amide bonds. The molecule has 2 aliphatic rings. The maximum atomic E-state index is 11.9. The quantitative estimate of drug-likeness (QED) is 0.736.